The Kier molecular flexibility index (Phi) is 8.39. The SMILES string of the molecule is CCOC(=O)c1sc(CC(=O)/C(C#N)=C/c2c(OC)cc(OC)cc2OC)c(C#N)c1C. The molecule has 0 fully saturated rings. The first kappa shape index (κ1) is 24.4. The molecule has 2 aromatic rings. The number of nitriles is 2. The van der Waals surface area contributed by atoms with Crippen LogP contribution in [0.1, 0.15) is 38.2 Å². The summed E-state index contributed by atoms with van der Waals surface area (Å²) < 4.78 is 20.9. The van der Waals surface area contributed by atoms with E-state index in [1.54, 1.807) is 26.0 Å². The number of rotatable bonds is 9. The van der Waals surface area contributed by atoms with E-state index in [0.717, 1.165) is 11.3 Å². The molecule has 0 aliphatic heterocycles. The average molecular weight is 455 g/mol. The van der Waals surface area contributed by atoms with Gasteiger partial charge >= 0.3 is 5.97 Å². The second-order valence-electron chi connectivity index (χ2n) is 6.40. The van der Waals surface area contributed by atoms with E-state index in [9.17, 15) is 20.1 Å². The third kappa shape index (κ3) is 5.08. The summed E-state index contributed by atoms with van der Waals surface area (Å²) in [6.07, 6.45) is 1.16. The van der Waals surface area contributed by atoms with Crippen molar-refractivity contribution >= 4 is 29.2 Å². The number of methoxy groups -OCH3 is 3. The van der Waals surface area contributed by atoms with Gasteiger partial charge in [-0.25, -0.2) is 4.79 Å². The van der Waals surface area contributed by atoms with Crippen LogP contribution >= 0.6 is 11.3 Å². The van der Waals surface area contributed by atoms with Gasteiger partial charge in [0.1, 0.15) is 34.3 Å². The minimum Gasteiger partial charge on any atom is -0.496 e. The largest absolute Gasteiger partial charge is 0.496 e. The Morgan fingerprint density at radius 3 is 2.19 bits per heavy atom. The Morgan fingerprint density at radius 1 is 1.09 bits per heavy atom. The van der Waals surface area contributed by atoms with E-state index in [-0.39, 0.29) is 29.0 Å². The summed E-state index contributed by atoms with van der Waals surface area (Å²) in [6, 6.07) is 7.15. The lowest BCUT2D eigenvalue weighted by molar-refractivity contribution is -0.114. The number of allylic oxidation sites excluding steroid dienone is 1. The molecule has 0 saturated carbocycles. The highest BCUT2D eigenvalue weighted by atomic mass is 32.1. The first-order valence-electron chi connectivity index (χ1n) is 9.49. The monoisotopic (exact) mass is 454 g/mol. The second-order valence-corrected chi connectivity index (χ2v) is 7.51. The lowest BCUT2D eigenvalue weighted by atomic mass is 10.0. The van der Waals surface area contributed by atoms with Crippen LogP contribution in [0.4, 0.5) is 0 Å². The van der Waals surface area contributed by atoms with E-state index in [2.05, 4.69) is 0 Å². The third-order valence-corrected chi connectivity index (χ3v) is 5.85. The maximum atomic E-state index is 12.9. The molecule has 2 rings (SSSR count). The van der Waals surface area contributed by atoms with Gasteiger partial charge in [0.05, 0.1) is 44.6 Å². The number of Topliss-reactive ketones (excluding diaryl/α,β-unsaturated/α-hetero) is 1. The highest BCUT2D eigenvalue weighted by molar-refractivity contribution is 7.14. The first-order valence-corrected chi connectivity index (χ1v) is 10.3. The Balaban J connectivity index is 2.47. The van der Waals surface area contributed by atoms with Gasteiger partial charge in [-0.05, 0) is 25.5 Å². The van der Waals surface area contributed by atoms with Gasteiger partial charge in [-0.15, -0.1) is 11.3 Å². The second kappa shape index (κ2) is 11.0. The predicted molar refractivity (Wildman–Crippen MR) is 118 cm³/mol. The number of ether oxygens (including phenoxy) is 4. The van der Waals surface area contributed by atoms with Gasteiger partial charge in [0.25, 0.3) is 0 Å². The highest BCUT2D eigenvalue weighted by Gasteiger charge is 2.24. The number of ketones is 1. The lowest BCUT2D eigenvalue weighted by Gasteiger charge is -2.13. The number of benzene rings is 1. The van der Waals surface area contributed by atoms with Gasteiger partial charge in [-0.1, -0.05) is 0 Å². The Morgan fingerprint density at radius 2 is 1.72 bits per heavy atom. The topological polar surface area (TPSA) is 119 Å². The zero-order chi connectivity index (χ0) is 23.8. The van der Waals surface area contributed by atoms with Crippen LogP contribution in [0.5, 0.6) is 17.2 Å². The molecule has 0 bridgehead atoms. The maximum Gasteiger partial charge on any atom is 0.348 e. The molecule has 0 radical (unpaired) electrons. The first-order chi connectivity index (χ1) is 15.3. The quantitative estimate of drug-likeness (QED) is 0.318. The van der Waals surface area contributed by atoms with Gasteiger partial charge in [0, 0.05) is 23.4 Å². The minimum absolute atomic E-state index is 0.153. The number of esters is 1. The molecule has 0 unspecified atom stereocenters. The molecule has 0 aliphatic carbocycles. The van der Waals surface area contributed by atoms with Crippen molar-refractivity contribution in [3.63, 3.8) is 0 Å². The van der Waals surface area contributed by atoms with Crippen LogP contribution in [0.3, 0.4) is 0 Å². The summed E-state index contributed by atoms with van der Waals surface area (Å²) in [5, 5.41) is 19.1. The van der Waals surface area contributed by atoms with E-state index >= 15 is 0 Å². The molecular formula is C23H22N2O6S. The van der Waals surface area contributed by atoms with Crippen LogP contribution in [0.25, 0.3) is 6.08 Å². The van der Waals surface area contributed by atoms with Crippen molar-refractivity contribution in [1.29, 1.82) is 10.5 Å². The molecule has 0 atom stereocenters. The molecule has 0 amide bonds. The van der Waals surface area contributed by atoms with Crippen molar-refractivity contribution < 1.29 is 28.5 Å². The van der Waals surface area contributed by atoms with E-state index in [1.807, 2.05) is 12.1 Å². The van der Waals surface area contributed by atoms with E-state index in [4.69, 9.17) is 18.9 Å². The lowest BCUT2D eigenvalue weighted by Crippen LogP contribution is -2.06. The number of carbonyl (C=O) groups is 2. The van der Waals surface area contributed by atoms with Crippen LogP contribution in [0.15, 0.2) is 17.7 Å². The summed E-state index contributed by atoms with van der Waals surface area (Å²) in [5.41, 5.74) is 0.943. The number of carbonyl (C=O) groups excluding carboxylic acids is 2. The Hall–Kier alpha value is -3.82. The van der Waals surface area contributed by atoms with Gasteiger partial charge in [-0.2, -0.15) is 10.5 Å². The summed E-state index contributed by atoms with van der Waals surface area (Å²) in [4.78, 5) is 25.8. The molecule has 1 aromatic heterocycles. The molecule has 1 aromatic carbocycles. The zero-order valence-electron chi connectivity index (χ0n) is 18.4. The predicted octanol–water partition coefficient (Wildman–Crippen LogP) is 3.85. The molecular weight excluding hydrogens is 432 g/mol. The van der Waals surface area contributed by atoms with Gasteiger partial charge in [-0.3, -0.25) is 4.79 Å². The van der Waals surface area contributed by atoms with Crippen LogP contribution in [-0.4, -0.2) is 39.7 Å². The highest BCUT2D eigenvalue weighted by Crippen LogP contribution is 2.36. The maximum absolute atomic E-state index is 12.9. The fraction of sp³-hybridized carbons (Fsp3) is 0.304. The molecule has 9 heteroatoms. The van der Waals surface area contributed by atoms with Crippen LogP contribution in [0.2, 0.25) is 0 Å². The average Bonchev–Trinajstić information content (AvgIpc) is 3.11. The fourth-order valence-electron chi connectivity index (χ4n) is 2.97. The fourth-order valence-corrected chi connectivity index (χ4v) is 4.12. The van der Waals surface area contributed by atoms with Crippen LogP contribution < -0.4 is 14.2 Å². The molecule has 0 saturated heterocycles. The number of thiophene rings is 1. The smallest absolute Gasteiger partial charge is 0.348 e. The molecule has 166 valence electrons. The zero-order valence-corrected chi connectivity index (χ0v) is 19.2. The van der Waals surface area contributed by atoms with Crippen molar-refractivity contribution in [1.82, 2.24) is 0 Å². The molecule has 0 spiro atoms. The standard InChI is InChI=1S/C23H22N2O6S/c1-6-31-23(27)22-13(2)17(12-25)21(32-22)10-18(26)14(11-24)7-16-19(29-4)8-15(28-3)9-20(16)30-5/h7-9H,6,10H2,1-5H3/b14-7+. The van der Waals surface area contributed by atoms with Crippen molar-refractivity contribution in [2.75, 3.05) is 27.9 Å². The van der Waals surface area contributed by atoms with E-state index < -0.39 is 11.8 Å². The number of hydrogen-bond acceptors (Lipinski definition) is 9. The Labute approximate surface area is 190 Å². The summed E-state index contributed by atoms with van der Waals surface area (Å²) in [5.74, 6) is 0.140. The van der Waals surface area contributed by atoms with Crippen molar-refractivity contribution in [3.8, 4) is 29.4 Å². The molecule has 32 heavy (non-hydrogen) atoms. The molecule has 0 aliphatic rings. The Bertz CT molecular complexity index is 1130. The van der Waals surface area contributed by atoms with Crippen LogP contribution in [0, 0.1) is 29.6 Å². The normalized spacial score (nSPS) is 10.7. The molecule has 0 N–H and O–H groups in total. The van der Waals surface area contributed by atoms with E-state index in [1.165, 1.54) is 27.4 Å². The van der Waals surface area contributed by atoms with Crippen molar-refractivity contribution in [3.05, 3.63) is 44.2 Å². The van der Waals surface area contributed by atoms with Crippen LogP contribution in [-0.2, 0) is 16.0 Å². The molecule has 8 nitrogen and oxygen atoms in total. The minimum atomic E-state index is -0.547. The van der Waals surface area contributed by atoms with E-state index in [0.29, 0.717) is 33.3 Å². The van der Waals surface area contributed by atoms with Gasteiger partial charge in [0.15, 0.2) is 5.78 Å². The summed E-state index contributed by atoms with van der Waals surface area (Å²) in [6.45, 7) is 3.50. The summed E-state index contributed by atoms with van der Waals surface area (Å²) in [7, 11) is 4.39. The number of nitrogens with zero attached hydrogens (tertiary/aromatic N) is 2. The molecule has 1 heterocycles. The third-order valence-electron chi connectivity index (χ3n) is 4.58. The van der Waals surface area contributed by atoms with Crippen molar-refractivity contribution in [2.45, 2.75) is 20.3 Å². The number of hydrogen-bond donors (Lipinski definition) is 0. The van der Waals surface area contributed by atoms with Crippen molar-refractivity contribution in [2.24, 2.45) is 0 Å². The summed E-state index contributed by atoms with van der Waals surface area (Å²) >= 11 is 1.02. The van der Waals surface area contributed by atoms with Gasteiger partial charge in [0.2, 0.25) is 0 Å². The van der Waals surface area contributed by atoms with Gasteiger partial charge < -0.3 is 18.9 Å².